The molecule has 0 spiro atoms. The molecule has 1 rings (SSSR count). The van der Waals surface area contributed by atoms with E-state index in [4.69, 9.17) is 0 Å². The first-order valence-corrected chi connectivity index (χ1v) is 8.23. The Bertz CT molecular complexity index is 396. The van der Waals surface area contributed by atoms with Gasteiger partial charge in [-0.25, -0.2) is 0 Å². The largest absolute Gasteiger partial charge is 0.418 e. The van der Waals surface area contributed by atoms with Crippen LogP contribution in [0.3, 0.4) is 0 Å². The average Bonchev–Trinajstić information content (AvgIpc) is 2.34. The fourth-order valence-electron chi connectivity index (χ4n) is 1.68. The number of nitrogens with one attached hydrogen (secondary N) is 1. The molecule has 0 heterocycles. The van der Waals surface area contributed by atoms with Gasteiger partial charge in [0, 0.05) is 16.7 Å². The summed E-state index contributed by atoms with van der Waals surface area (Å²) < 4.78 is 39.0. The summed E-state index contributed by atoms with van der Waals surface area (Å²) in [6, 6.07) is 4.19. The van der Waals surface area contributed by atoms with E-state index in [1.165, 1.54) is 6.07 Å². The predicted octanol–water partition coefficient (Wildman–Crippen LogP) is 5.41. The first kappa shape index (κ1) is 16.7. The van der Waals surface area contributed by atoms with Crippen molar-refractivity contribution in [1.29, 1.82) is 0 Å². The van der Waals surface area contributed by atoms with E-state index in [9.17, 15) is 13.2 Å². The molecule has 1 aromatic carbocycles. The smallest absolute Gasteiger partial charge is 0.385 e. The summed E-state index contributed by atoms with van der Waals surface area (Å²) >= 11 is 4.86. The number of halogens is 4. The van der Waals surface area contributed by atoms with Crippen molar-refractivity contribution in [1.82, 2.24) is 0 Å². The number of unbranched alkanes of at least 4 members (excludes halogenated alkanes) is 2. The normalized spacial score (nSPS) is 11.6. The third kappa shape index (κ3) is 6.08. The molecule has 0 fully saturated rings. The summed E-state index contributed by atoms with van der Waals surface area (Å²) in [5.74, 6) is 1.10. The van der Waals surface area contributed by atoms with E-state index in [2.05, 4.69) is 27.5 Å². The molecule has 108 valence electrons. The highest BCUT2D eigenvalue weighted by atomic mass is 79.9. The number of thioether (sulfide) groups is 1. The van der Waals surface area contributed by atoms with Crippen LogP contribution in [0.5, 0.6) is 0 Å². The molecule has 0 aliphatic carbocycles. The molecule has 19 heavy (non-hydrogen) atoms. The second-order valence-electron chi connectivity index (χ2n) is 4.17. The first-order chi connectivity index (χ1) is 8.95. The van der Waals surface area contributed by atoms with Gasteiger partial charge in [0.15, 0.2) is 0 Å². The lowest BCUT2D eigenvalue weighted by atomic mass is 10.1. The van der Waals surface area contributed by atoms with Gasteiger partial charge in [0.05, 0.1) is 5.56 Å². The highest BCUT2D eigenvalue weighted by molar-refractivity contribution is 9.10. The maximum absolute atomic E-state index is 12.8. The van der Waals surface area contributed by atoms with E-state index in [1.807, 2.05) is 0 Å². The Morgan fingerprint density at radius 2 is 1.95 bits per heavy atom. The third-order valence-electron chi connectivity index (χ3n) is 2.63. The number of anilines is 1. The van der Waals surface area contributed by atoms with Crippen molar-refractivity contribution >= 4 is 33.4 Å². The summed E-state index contributed by atoms with van der Waals surface area (Å²) in [6.45, 7) is 0.569. The fraction of sp³-hybridized carbons (Fsp3) is 0.538. The van der Waals surface area contributed by atoms with Crippen LogP contribution in [0.4, 0.5) is 18.9 Å². The molecule has 0 saturated carbocycles. The molecule has 0 saturated heterocycles. The molecule has 6 heteroatoms. The summed E-state index contributed by atoms with van der Waals surface area (Å²) in [7, 11) is 0. The quantitative estimate of drug-likeness (QED) is 0.656. The Morgan fingerprint density at radius 1 is 1.21 bits per heavy atom. The molecule has 0 aliphatic heterocycles. The van der Waals surface area contributed by atoms with Crippen molar-refractivity contribution in [3.63, 3.8) is 0 Å². The average molecular weight is 356 g/mol. The molecule has 1 aromatic rings. The van der Waals surface area contributed by atoms with Crippen molar-refractivity contribution in [2.75, 3.05) is 23.9 Å². The van der Waals surface area contributed by atoms with Gasteiger partial charge in [-0.1, -0.05) is 22.4 Å². The lowest BCUT2D eigenvalue weighted by Crippen LogP contribution is -2.11. The number of hydrogen-bond acceptors (Lipinski definition) is 2. The van der Waals surface area contributed by atoms with Gasteiger partial charge < -0.3 is 5.32 Å². The highest BCUT2D eigenvalue weighted by Crippen LogP contribution is 2.36. The van der Waals surface area contributed by atoms with E-state index in [0.29, 0.717) is 11.0 Å². The van der Waals surface area contributed by atoms with E-state index in [-0.39, 0.29) is 5.69 Å². The van der Waals surface area contributed by atoms with Crippen LogP contribution in [0.1, 0.15) is 24.8 Å². The van der Waals surface area contributed by atoms with Gasteiger partial charge in [0.25, 0.3) is 0 Å². The van der Waals surface area contributed by atoms with Crippen LogP contribution in [0, 0.1) is 0 Å². The van der Waals surface area contributed by atoms with Crippen LogP contribution in [0.2, 0.25) is 0 Å². The van der Waals surface area contributed by atoms with Gasteiger partial charge >= 0.3 is 6.18 Å². The summed E-state index contributed by atoms with van der Waals surface area (Å²) in [5, 5.41) is 2.88. The highest BCUT2D eigenvalue weighted by Gasteiger charge is 2.33. The van der Waals surface area contributed by atoms with Crippen molar-refractivity contribution < 1.29 is 13.2 Å². The molecule has 0 aliphatic rings. The monoisotopic (exact) mass is 355 g/mol. The molecule has 1 nitrogen and oxygen atoms in total. The molecule has 0 atom stereocenters. The van der Waals surface area contributed by atoms with Gasteiger partial charge in [0.2, 0.25) is 0 Å². The Labute approximate surface area is 124 Å². The van der Waals surface area contributed by atoms with E-state index in [0.717, 1.165) is 31.1 Å². The van der Waals surface area contributed by atoms with Crippen LogP contribution in [0.15, 0.2) is 22.7 Å². The maximum atomic E-state index is 12.8. The molecule has 0 bridgehead atoms. The van der Waals surface area contributed by atoms with Gasteiger partial charge in [-0.15, -0.1) is 0 Å². The fourth-order valence-corrected chi connectivity index (χ4v) is 2.53. The number of hydrogen-bond donors (Lipinski definition) is 1. The molecule has 0 unspecified atom stereocenters. The summed E-state index contributed by atoms with van der Waals surface area (Å²) in [4.78, 5) is 0. The van der Waals surface area contributed by atoms with Crippen molar-refractivity contribution in [3.8, 4) is 0 Å². The SMILES string of the molecule is CSCCCCCNc1ccc(Br)cc1C(F)(F)F. The lowest BCUT2D eigenvalue weighted by Gasteiger charge is -2.15. The van der Waals surface area contributed by atoms with Crippen LogP contribution < -0.4 is 5.32 Å². The van der Waals surface area contributed by atoms with Crippen LogP contribution in [-0.2, 0) is 6.18 Å². The van der Waals surface area contributed by atoms with Crippen LogP contribution in [-0.4, -0.2) is 18.6 Å². The zero-order valence-corrected chi connectivity index (χ0v) is 13.1. The summed E-state index contributed by atoms with van der Waals surface area (Å²) in [5.41, 5.74) is -0.466. The summed E-state index contributed by atoms with van der Waals surface area (Å²) in [6.07, 6.45) is 0.746. The Kier molecular flexibility index (Phi) is 7.07. The number of alkyl halides is 3. The maximum Gasteiger partial charge on any atom is 0.418 e. The second kappa shape index (κ2) is 8.04. The van der Waals surface area contributed by atoms with Crippen LogP contribution in [0.25, 0.3) is 0 Å². The predicted molar refractivity (Wildman–Crippen MR) is 79.9 cm³/mol. The molecular formula is C13H17BrF3NS. The van der Waals surface area contributed by atoms with Crippen LogP contribution >= 0.6 is 27.7 Å². The van der Waals surface area contributed by atoms with E-state index >= 15 is 0 Å². The number of rotatable bonds is 7. The molecular weight excluding hydrogens is 339 g/mol. The lowest BCUT2D eigenvalue weighted by molar-refractivity contribution is -0.137. The third-order valence-corrected chi connectivity index (χ3v) is 3.82. The topological polar surface area (TPSA) is 12.0 Å². The Balaban J connectivity index is 2.54. The molecule has 0 radical (unpaired) electrons. The van der Waals surface area contributed by atoms with Gasteiger partial charge in [-0.05, 0) is 43.0 Å². The zero-order valence-electron chi connectivity index (χ0n) is 10.7. The Morgan fingerprint density at radius 3 is 2.58 bits per heavy atom. The van der Waals surface area contributed by atoms with E-state index < -0.39 is 11.7 Å². The minimum atomic E-state index is -4.33. The molecule has 0 aromatic heterocycles. The minimum Gasteiger partial charge on any atom is -0.385 e. The van der Waals surface area contributed by atoms with Crippen molar-refractivity contribution in [2.45, 2.75) is 25.4 Å². The second-order valence-corrected chi connectivity index (χ2v) is 6.07. The first-order valence-electron chi connectivity index (χ1n) is 6.04. The standard InChI is InChI=1S/C13H17BrF3NS/c1-19-8-4-2-3-7-18-12-6-5-10(14)9-11(12)13(15,16)17/h5-6,9,18H,2-4,7-8H2,1H3. The van der Waals surface area contributed by atoms with Crippen molar-refractivity contribution in [3.05, 3.63) is 28.2 Å². The van der Waals surface area contributed by atoms with Gasteiger partial charge in [0.1, 0.15) is 0 Å². The Hall–Kier alpha value is -0.360. The number of benzene rings is 1. The minimum absolute atomic E-state index is 0.153. The zero-order chi connectivity index (χ0) is 14.3. The molecule has 0 amide bonds. The van der Waals surface area contributed by atoms with Gasteiger partial charge in [-0.3, -0.25) is 0 Å². The molecule has 1 N–H and O–H groups in total. The van der Waals surface area contributed by atoms with Gasteiger partial charge in [-0.2, -0.15) is 24.9 Å². The van der Waals surface area contributed by atoms with Crippen molar-refractivity contribution in [2.24, 2.45) is 0 Å². The van der Waals surface area contributed by atoms with E-state index in [1.54, 1.807) is 17.8 Å².